The first kappa shape index (κ1) is 19.6. The Morgan fingerprint density at radius 1 is 1.25 bits per heavy atom. The van der Waals surface area contributed by atoms with Crippen LogP contribution in [0.2, 0.25) is 0 Å². The van der Waals surface area contributed by atoms with E-state index in [1.165, 1.54) is 36.2 Å². The molecule has 0 atom stereocenters. The molecule has 1 aromatic rings. The van der Waals surface area contributed by atoms with Gasteiger partial charge in [-0.25, -0.2) is 0 Å². The number of hydrogen-bond acceptors (Lipinski definition) is 3. The molecule has 0 aromatic heterocycles. The van der Waals surface area contributed by atoms with E-state index in [1.54, 1.807) is 12.1 Å². The van der Waals surface area contributed by atoms with Crippen molar-refractivity contribution in [3.63, 3.8) is 0 Å². The van der Waals surface area contributed by atoms with Crippen molar-refractivity contribution in [1.29, 1.82) is 0 Å². The second-order valence-electron chi connectivity index (χ2n) is 6.27. The zero-order valence-corrected chi connectivity index (χ0v) is 14.2. The molecule has 0 spiro atoms. The van der Waals surface area contributed by atoms with Gasteiger partial charge in [-0.3, -0.25) is 9.59 Å². The van der Waals surface area contributed by atoms with Gasteiger partial charge in [0, 0.05) is 18.7 Å². The zero-order valence-electron chi connectivity index (χ0n) is 14.2. The van der Waals surface area contributed by atoms with Crippen molar-refractivity contribution in [2.45, 2.75) is 32.9 Å². The molecule has 7 heteroatoms. The highest BCUT2D eigenvalue weighted by Gasteiger charge is 2.16. The number of nitrogens with one attached hydrogen (secondary N) is 1. The summed E-state index contributed by atoms with van der Waals surface area (Å²) in [7, 11) is 1.52. The van der Waals surface area contributed by atoms with Crippen molar-refractivity contribution in [3.05, 3.63) is 35.9 Å². The lowest BCUT2D eigenvalue weighted by Crippen LogP contribution is -2.46. The van der Waals surface area contributed by atoms with Gasteiger partial charge in [-0.15, -0.1) is 0 Å². The van der Waals surface area contributed by atoms with E-state index < -0.39 is 6.61 Å². The molecule has 0 aliphatic heterocycles. The molecule has 0 heterocycles. The Morgan fingerprint density at radius 3 is 2.33 bits per heavy atom. The minimum Gasteiger partial charge on any atom is -0.435 e. The van der Waals surface area contributed by atoms with Crippen LogP contribution in [0.25, 0.3) is 6.08 Å². The molecule has 1 rings (SSSR count). The van der Waals surface area contributed by atoms with Gasteiger partial charge in [0.05, 0.1) is 6.54 Å². The lowest BCUT2D eigenvalue weighted by molar-refractivity contribution is -0.131. The maximum Gasteiger partial charge on any atom is 0.387 e. The molecule has 0 bridgehead atoms. The zero-order chi connectivity index (χ0) is 18.3. The first-order valence-electron chi connectivity index (χ1n) is 7.36. The third kappa shape index (κ3) is 7.71. The van der Waals surface area contributed by atoms with Crippen LogP contribution in [-0.4, -0.2) is 42.5 Å². The number of likely N-dealkylation sites (N-methyl/N-ethyl adjacent to an activating group) is 1. The second-order valence-corrected chi connectivity index (χ2v) is 6.27. The molecular weight excluding hydrogens is 318 g/mol. The minimum absolute atomic E-state index is 0.0458. The number of ether oxygens (including phenoxy) is 1. The number of hydrogen-bond donors (Lipinski definition) is 1. The highest BCUT2D eigenvalue weighted by Crippen LogP contribution is 2.15. The SMILES string of the molecule is CN(CC(=O)NC(C)(C)C)C(=O)/C=C/c1ccc(OC(F)F)cc1. The van der Waals surface area contributed by atoms with Crippen LogP contribution in [-0.2, 0) is 9.59 Å². The first-order chi connectivity index (χ1) is 11.1. The predicted molar refractivity (Wildman–Crippen MR) is 87.6 cm³/mol. The Bertz CT molecular complexity index is 593. The summed E-state index contributed by atoms with van der Waals surface area (Å²) in [6, 6.07) is 5.87. The summed E-state index contributed by atoms with van der Waals surface area (Å²) < 4.78 is 28.3. The Morgan fingerprint density at radius 2 is 1.83 bits per heavy atom. The molecule has 0 aliphatic rings. The molecule has 24 heavy (non-hydrogen) atoms. The summed E-state index contributed by atoms with van der Waals surface area (Å²) in [5.41, 5.74) is 0.288. The van der Waals surface area contributed by atoms with Crippen LogP contribution in [0.1, 0.15) is 26.3 Å². The molecule has 0 fully saturated rings. The quantitative estimate of drug-likeness (QED) is 0.810. The lowest BCUT2D eigenvalue weighted by atomic mass is 10.1. The van der Waals surface area contributed by atoms with Crippen LogP contribution in [0.5, 0.6) is 5.75 Å². The average Bonchev–Trinajstić information content (AvgIpc) is 2.43. The van der Waals surface area contributed by atoms with E-state index in [0.717, 1.165) is 0 Å². The van der Waals surface area contributed by atoms with Crippen LogP contribution in [0.4, 0.5) is 8.78 Å². The van der Waals surface area contributed by atoms with Gasteiger partial charge in [0.15, 0.2) is 0 Å². The molecule has 1 N–H and O–H groups in total. The fourth-order valence-electron chi connectivity index (χ4n) is 1.81. The van der Waals surface area contributed by atoms with Crippen molar-refractivity contribution >= 4 is 17.9 Å². The van der Waals surface area contributed by atoms with Gasteiger partial charge in [0.25, 0.3) is 0 Å². The van der Waals surface area contributed by atoms with Gasteiger partial charge in [0.2, 0.25) is 11.8 Å². The van der Waals surface area contributed by atoms with E-state index >= 15 is 0 Å². The summed E-state index contributed by atoms with van der Waals surface area (Å²) in [5.74, 6) is -0.545. The van der Waals surface area contributed by atoms with Crippen LogP contribution >= 0.6 is 0 Å². The normalized spacial score (nSPS) is 11.6. The van der Waals surface area contributed by atoms with Gasteiger partial charge in [-0.2, -0.15) is 8.78 Å². The largest absolute Gasteiger partial charge is 0.435 e. The Labute approximate surface area is 140 Å². The highest BCUT2D eigenvalue weighted by atomic mass is 19.3. The maximum absolute atomic E-state index is 12.1. The molecule has 0 radical (unpaired) electrons. The first-order valence-corrected chi connectivity index (χ1v) is 7.36. The van der Waals surface area contributed by atoms with Gasteiger partial charge in [0.1, 0.15) is 5.75 Å². The molecule has 5 nitrogen and oxygen atoms in total. The fraction of sp³-hybridized carbons (Fsp3) is 0.412. The van der Waals surface area contributed by atoms with Crippen LogP contribution in [0, 0.1) is 0 Å². The van der Waals surface area contributed by atoms with Gasteiger partial charge >= 0.3 is 6.61 Å². The number of carbonyl (C=O) groups is 2. The number of rotatable bonds is 6. The molecule has 0 saturated carbocycles. The molecule has 2 amide bonds. The van der Waals surface area contributed by atoms with Crippen LogP contribution in [0.15, 0.2) is 30.3 Å². The van der Waals surface area contributed by atoms with Crippen LogP contribution < -0.4 is 10.1 Å². The van der Waals surface area contributed by atoms with Crippen molar-refractivity contribution in [3.8, 4) is 5.75 Å². The van der Waals surface area contributed by atoms with E-state index in [0.29, 0.717) is 5.56 Å². The molecular formula is C17H22F2N2O3. The minimum atomic E-state index is -2.87. The van der Waals surface area contributed by atoms with Gasteiger partial charge in [-0.05, 0) is 44.5 Å². The standard InChI is InChI=1S/C17H22F2N2O3/c1-17(2,3)20-14(22)11-21(4)15(23)10-7-12-5-8-13(9-6-12)24-16(18)19/h5-10,16H,11H2,1-4H3,(H,20,22)/b10-7+. The summed E-state index contributed by atoms with van der Waals surface area (Å²) in [6.07, 6.45) is 2.85. The van der Waals surface area contributed by atoms with E-state index in [-0.39, 0.29) is 29.6 Å². The van der Waals surface area contributed by atoms with Gasteiger partial charge < -0.3 is 15.0 Å². The highest BCUT2D eigenvalue weighted by molar-refractivity contribution is 5.94. The van der Waals surface area contributed by atoms with E-state index in [2.05, 4.69) is 10.1 Å². The van der Waals surface area contributed by atoms with Crippen LogP contribution in [0.3, 0.4) is 0 Å². The van der Waals surface area contributed by atoms with Crippen molar-refractivity contribution in [2.24, 2.45) is 0 Å². The van der Waals surface area contributed by atoms with Crippen molar-refractivity contribution < 1.29 is 23.1 Å². The number of nitrogens with zero attached hydrogens (tertiary/aromatic N) is 1. The maximum atomic E-state index is 12.1. The summed E-state index contributed by atoms with van der Waals surface area (Å²) in [5, 5.41) is 2.77. The molecule has 0 aliphatic carbocycles. The Hall–Kier alpha value is -2.44. The topological polar surface area (TPSA) is 58.6 Å². The number of halogens is 2. The number of carbonyl (C=O) groups excluding carboxylic acids is 2. The number of benzene rings is 1. The van der Waals surface area contributed by atoms with Gasteiger partial charge in [-0.1, -0.05) is 12.1 Å². The lowest BCUT2D eigenvalue weighted by Gasteiger charge is -2.22. The van der Waals surface area contributed by atoms with E-state index in [9.17, 15) is 18.4 Å². The average molecular weight is 340 g/mol. The van der Waals surface area contributed by atoms with E-state index in [1.807, 2.05) is 20.8 Å². The third-order valence-corrected chi connectivity index (χ3v) is 2.80. The molecule has 132 valence electrons. The third-order valence-electron chi connectivity index (χ3n) is 2.80. The molecule has 1 aromatic carbocycles. The summed E-state index contributed by atoms with van der Waals surface area (Å²) >= 11 is 0. The smallest absolute Gasteiger partial charge is 0.387 e. The summed E-state index contributed by atoms with van der Waals surface area (Å²) in [4.78, 5) is 25.0. The predicted octanol–water partition coefficient (Wildman–Crippen LogP) is 2.67. The summed E-state index contributed by atoms with van der Waals surface area (Å²) in [6.45, 7) is 2.64. The van der Waals surface area contributed by atoms with Crippen molar-refractivity contribution in [2.75, 3.05) is 13.6 Å². The Kier molecular flexibility index (Phi) is 6.88. The van der Waals surface area contributed by atoms with Crippen molar-refractivity contribution in [1.82, 2.24) is 10.2 Å². The number of amides is 2. The number of alkyl halides is 2. The second kappa shape index (κ2) is 8.42. The molecule has 0 saturated heterocycles. The molecule has 0 unspecified atom stereocenters. The van der Waals surface area contributed by atoms with E-state index in [4.69, 9.17) is 0 Å². The fourth-order valence-corrected chi connectivity index (χ4v) is 1.81. The Balaban J connectivity index is 2.56. The monoisotopic (exact) mass is 340 g/mol.